The number of aliphatic hydroxyl groups excluding tert-OH is 1. The van der Waals surface area contributed by atoms with Gasteiger partial charge in [0.05, 0.1) is 12.2 Å². The number of aryl methyl sites for hydroxylation is 4. The molecule has 7 nitrogen and oxygen atoms in total. The molecule has 0 bridgehead atoms. The molecule has 60 heavy (non-hydrogen) atoms. The maximum atomic E-state index is 11.4. The number of phenolic OH excluding ortho intramolecular Hbond substituents is 1. The van der Waals surface area contributed by atoms with Gasteiger partial charge in [-0.25, -0.2) is 15.0 Å². The van der Waals surface area contributed by atoms with Crippen LogP contribution in [0.25, 0.3) is 34.2 Å². The number of hydrogen-bond donors (Lipinski definition) is 2. The van der Waals surface area contributed by atoms with E-state index in [9.17, 15) is 10.2 Å². The maximum absolute atomic E-state index is 11.4. The standard InChI is InChI=1S/C53H79N3O4/c1-8-10-12-14-16-17-18-20-22-24-27-44(26-23-21-19-15-13-11-9-2)28-25-35-59-53(43(7)57)60-45-31-34-48(49(58)38-45)52-55-50(46-32-29-39(3)36-41(46)5)54-51(56-52)47-33-30-40(4)37-42(47)6/h29-34,36-38,43-44,53,57-58H,8-28,35H2,1-7H3. The molecular formula is C53H79N3O4. The van der Waals surface area contributed by atoms with Crippen molar-refractivity contribution in [1.29, 1.82) is 0 Å². The molecule has 4 rings (SSSR count). The van der Waals surface area contributed by atoms with E-state index in [0.29, 0.717) is 35.4 Å². The Balaban J connectivity index is 1.37. The molecule has 1 aromatic heterocycles. The van der Waals surface area contributed by atoms with Crippen molar-refractivity contribution in [2.45, 2.75) is 196 Å². The molecule has 4 aromatic rings. The third-order valence-corrected chi connectivity index (χ3v) is 12.0. The van der Waals surface area contributed by atoms with Gasteiger partial charge in [0, 0.05) is 17.2 Å². The summed E-state index contributed by atoms with van der Waals surface area (Å²) in [6, 6.07) is 17.5. The molecule has 0 aliphatic heterocycles. The van der Waals surface area contributed by atoms with E-state index in [0.717, 1.165) is 52.1 Å². The first kappa shape index (κ1) is 48.9. The number of aromatic hydroxyl groups is 1. The van der Waals surface area contributed by atoms with Crippen molar-refractivity contribution >= 4 is 0 Å². The van der Waals surface area contributed by atoms with Gasteiger partial charge in [0.1, 0.15) is 17.6 Å². The highest BCUT2D eigenvalue weighted by Crippen LogP contribution is 2.35. The average Bonchev–Trinajstić information content (AvgIpc) is 3.21. The van der Waals surface area contributed by atoms with Crippen LogP contribution in [-0.2, 0) is 4.74 Å². The van der Waals surface area contributed by atoms with Gasteiger partial charge in [-0.15, -0.1) is 0 Å². The first-order valence-electron chi connectivity index (χ1n) is 23.8. The molecule has 0 fully saturated rings. The molecule has 0 amide bonds. The zero-order valence-corrected chi connectivity index (χ0v) is 38.5. The molecule has 0 aliphatic carbocycles. The SMILES string of the molecule is CCCCCCCCCCCCC(CCCCCCCCC)CCCOC(Oc1ccc(-c2nc(-c3ccc(C)cc3C)nc(-c3ccc(C)cc3C)n2)c(O)c1)C(C)O. The van der Waals surface area contributed by atoms with Crippen molar-refractivity contribution in [1.82, 2.24) is 15.0 Å². The summed E-state index contributed by atoms with van der Waals surface area (Å²) in [5.74, 6) is 2.55. The van der Waals surface area contributed by atoms with Crippen molar-refractivity contribution in [2.24, 2.45) is 5.92 Å². The van der Waals surface area contributed by atoms with Gasteiger partial charge in [-0.2, -0.15) is 0 Å². The van der Waals surface area contributed by atoms with Crippen molar-refractivity contribution in [3.05, 3.63) is 76.9 Å². The molecule has 330 valence electrons. The van der Waals surface area contributed by atoms with Crippen molar-refractivity contribution in [3.8, 4) is 45.7 Å². The highest BCUT2D eigenvalue weighted by atomic mass is 16.7. The van der Waals surface area contributed by atoms with Gasteiger partial charge < -0.3 is 19.7 Å². The second-order valence-corrected chi connectivity index (χ2v) is 17.6. The Morgan fingerprint density at radius 3 is 1.37 bits per heavy atom. The summed E-state index contributed by atoms with van der Waals surface area (Å²) in [7, 11) is 0. The zero-order chi connectivity index (χ0) is 43.1. The number of aliphatic hydroxyl groups is 1. The summed E-state index contributed by atoms with van der Waals surface area (Å²) in [4.78, 5) is 14.7. The fourth-order valence-corrected chi connectivity index (χ4v) is 8.36. The molecule has 2 N–H and O–H groups in total. The fraction of sp³-hybridized carbons (Fsp3) is 0.604. The van der Waals surface area contributed by atoms with Gasteiger partial charge in [0.15, 0.2) is 17.5 Å². The van der Waals surface area contributed by atoms with Gasteiger partial charge in [-0.1, -0.05) is 183 Å². The van der Waals surface area contributed by atoms with E-state index in [4.69, 9.17) is 24.4 Å². The Labute approximate surface area is 364 Å². The van der Waals surface area contributed by atoms with Crippen LogP contribution in [0.15, 0.2) is 54.6 Å². The predicted molar refractivity (Wildman–Crippen MR) is 251 cm³/mol. The molecule has 0 radical (unpaired) electrons. The van der Waals surface area contributed by atoms with Crippen molar-refractivity contribution in [2.75, 3.05) is 6.61 Å². The smallest absolute Gasteiger partial charge is 0.225 e. The number of phenols is 1. The Kier molecular flexibility index (Phi) is 22.1. The first-order valence-corrected chi connectivity index (χ1v) is 23.8. The lowest BCUT2D eigenvalue weighted by Crippen LogP contribution is -2.32. The Hall–Kier alpha value is -3.81. The molecule has 3 atom stereocenters. The summed E-state index contributed by atoms with van der Waals surface area (Å²) >= 11 is 0. The predicted octanol–water partition coefficient (Wildman–Crippen LogP) is 14.8. The molecule has 7 heteroatoms. The Bertz CT molecular complexity index is 1750. The summed E-state index contributed by atoms with van der Waals surface area (Å²) in [6.07, 6.45) is 26.1. The van der Waals surface area contributed by atoms with Crippen LogP contribution in [0.1, 0.15) is 178 Å². The number of hydrogen-bond acceptors (Lipinski definition) is 7. The molecule has 0 spiro atoms. The normalized spacial score (nSPS) is 13.1. The van der Waals surface area contributed by atoms with Gasteiger partial charge in [-0.3, -0.25) is 0 Å². The number of benzene rings is 3. The van der Waals surface area contributed by atoms with E-state index >= 15 is 0 Å². The van der Waals surface area contributed by atoms with E-state index in [2.05, 4.69) is 65.8 Å². The topological polar surface area (TPSA) is 97.6 Å². The van der Waals surface area contributed by atoms with Gasteiger partial charge in [0.25, 0.3) is 0 Å². The Morgan fingerprint density at radius 1 is 0.517 bits per heavy atom. The lowest BCUT2D eigenvalue weighted by atomic mass is 9.90. The molecule has 3 aromatic carbocycles. The second kappa shape index (κ2) is 27.2. The molecule has 0 saturated carbocycles. The van der Waals surface area contributed by atoms with E-state index < -0.39 is 12.4 Å². The van der Waals surface area contributed by atoms with E-state index in [1.807, 2.05) is 12.1 Å². The third-order valence-electron chi connectivity index (χ3n) is 12.0. The number of nitrogens with zero attached hydrogens (tertiary/aromatic N) is 3. The minimum absolute atomic E-state index is 0.0265. The van der Waals surface area contributed by atoms with Gasteiger partial charge in [0.2, 0.25) is 6.29 Å². The molecule has 0 aliphatic rings. The monoisotopic (exact) mass is 822 g/mol. The lowest BCUT2D eigenvalue weighted by molar-refractivity contribution is -0.140. The van der Waals surface area contributed by atoms with E-state index in [1.165, 1.54) is 122 Å². The van der Waals surface area contributed by atoms with Crippen LogP contribution >= 0.6 is 0 Å². The third kappa shape index (κ3) is 16.9. The number of aromatic nitrogens is 3. The van der Waals surface area contributed by atoms with Crippen LogP contribution < -0.4 is 4.74 Å². The highest BCUT2D eigenvalue weighted by Gasteiger charge is 2.21. The quantitative estimate of drug-likeness (QED) is 0.0399. The van der Waals surface area contributed by atoms with Crippen LogP contribution in [0, 0.1) is 33.6 Å². The molecule has 1 heterocycles. The summed E-state index contributed by atoms with van der Waals surface area (Å²) in [5.41, 5.74) is 6.74. The minimum Gasteiger partial charge on any atom is -0.507 e. The van der Waals surface area contributed by atoms with Crippen LogP contribution in [-0.4, -0.2) is 44.2 Å². The van der Waals surface area contributed by atoms with E-state index in [1.54, 1.807) is 25.1 Å². The fourth-order valence-electron chi connectivity index (χ4n) is 8.36. The van der Waals surface area contributed by atoms with Gasteiger partial charge in [-0.05, 0) is 76.6 Å². The minimum atomic E-state index is -0.858. The molecule has 0 saturated heterocycles. The second-order valence-electron chi connectivity index (χ2n) is 17.6. The summed E-state index contributed by atoms with van der Waals surface area (Å²) < 4.78 is 12.3. The largest absolute Gasteiger partial charge is 0.507 e. The van der Waals surface area contributed by atoms with Gasteiger partial charge >= 0.3 is 0 Å². The van der Waals surface area contributed by atoms with E-state index in [-0.39, 0.29) is 5.75 Å². The van der Waals surface area contributed by atoms with Crippen LogP contribution in [0.5, 0.6) is 11.5 Å². The van der Waals surface area contributed by atoms with Crippen LogP contribution in [0.4, 0.5) is 0 Å². The average molecular weight is 822 g/mol. The van der Waals surface area contributed by atoms with Crippen molar-refractivity contribution in [3.63, 3.8) is 0 Å². The lowest BCUT2D eigenvalue weighted by Gasteiger charge is -2.23. The maximum Gasteiger partial charge on any atom is 0.225 e. The molecular weight excluding hydrogens is 743 g/mol. The zero-order valence-electron chi connectivity index (χ0n) is 38.5. The highest BCUT2D eigenvalue weighted by molar-refractivity contribution is 5.72. The first-order chi connectivity index (χ1) is 29.1. The molecule has 3 unspecified atom stereocenters. The number of ether oxygens (including phenoxy) is 2. The van der Waals surface area contributed by atoms with Crippen molar-refractivity contribution < 1.29 is 19.7 Å². The summed E-state index contributed by atoms with van der Waals surface area (Å²) in [5, 5.41) is 22.1. The number of rotatable bonds is 30. The number of unbranched alkanes of at least 4 members (excludes halogenated alkanes) is 15. The Morgan fingerprint density at radius 2 is 0.933 bits per heavy atom. The van der Waals surface area contributed by atoms with Crippen LogP contribution in [0.2, 0.25) is 0 Å². The van der Waals surface area contributed by atoms with Crippen LogP contribution in [0.3, 0.4) is 0 Å². The summed E-state index contributed by atoms with van der Waals surface area (Å²) in [6.45, 7) is 15.0.